The molecular weight excluding hydrogens is 282 g/mol. The number of nitrogens with zero attached hydrogens (tertiary/aromatic N) is 3. The van der Waals surface area contributed by atoms with Crippen molar-refractivity contribution < 1.29 is 12.9 Å². The molecule has 0 saturated heterocycles. The highest BCUT2D eigenvalue weighted by molar-refractivity contribution is 7.87. The minimum absolute atomic E-state index is 0.245. The van der Waals surface area contributed by atoms with E-state index in [1.54, 1.807) is 7.05 Å². The number of hydrogen-bond donors (Lipinski definition) is 2. The predicted octanol–water partition coefficient (Wildman–Crippen LogP) is -0.480. The molecule has 0 aromatic carbocycles. The highest BCUT2D eigenvalue weighted by Gasteiger charge is 2.20. The maximum atomic E-state index is 11.9. The van der Waals surface area contributed by atoms with E-state index in [1.807, 2.05) is 0 Å². The SMILES string of the molecule is CN(CCCNC1CC1)S(=O)(=O)NCCc1ncno1. The van der Waals surface area contributed by atoms with Crippen LogP contribution in [0, 0.1) is 0 Å². The summed E-state index contributed by atoms with van der Waals surface area (Å²) in [6, 6.07) is 0.657. The van der Waals surface area contributed by atoms with Gasteiger partial charge in [0, 0.05) is 32.6 Å². The molecule has 0 atom stereocenters. The van der Waals surface area contributed by atoms with Crippen molar-refractivity contribution in [2.75, 3.05) is 26.7 Å². The average molecular weight is 303 g/mol. The van der Waals surface area contributed by atoms with Gasteiger partial charge in [-0.15, -0.1) is 0 Å². The summed E-state index contributed by atoms with van der Waals surface area (Å²) >= 11 is 0. The predicted molar refractivity (Wildman–Crippen MR) is 73.2 cm³/mol. The van der Waals surface area contributed by atoms with Crippen LogP contribution in [-0.4, -0.2) is 55.6 Å². The Bertz CT molecular complexity index is 486. The standard InChI is InChI=1S/C11H21N5O3S/c1-16(8-2-6-12-10-3-4-10)20(17,18)15-7-5-11-13-9-14-19-11/h9-10,12,15H,2-8H2,1H3. The van der Waals surface area contributed by atoms with Crippen molar-refractivity contribution >= 4 is 10.2 Å². The Balaban J connectivity index is 1.62. The average Bonchev–Trinajstić information content (AvgIpc) is 3.09. The molecule has 1 aliphatic carbocycles. The molecule has 1 heterocycles. The van der Waals surface area contributed by atoms with E-state index >= 15 is 0 Å². The second kappa shape index (κ2) is 7.11. The van der Waals surface area contributed by atoms with Gasteiger partial charge in [0.25, 0.3) is 10.2 Å². The van der Waals surface area contributed by atoms with Gasteiger partial charge in [-0.3, -0.25) is 0 Å². The van der Waals surface area contributed by atoms with E-state index in [4.69, 9.17) is 4.52 Å². The van der Waals surface area contributed by atoms with Gasteiger partial charge in [-0.2, -0.15) is 17.7 Å². The van der Waals surface area contributed by atoms with Gasteiger partial charge in [0.05, 0.1) is 0 Å². The maximum absolute atomic E-state index is 11.9. The summed E-state index contributed by atoms with van der Waals surface area (Å²) in [5.74, 6) is 0.420. The lowest BCUT2D eigenvalue weighted by Crippen LogP contribution is -2.40. The third-order valence-corrected chi connectivity index (χ3v) is 4.67. The maximum Gasteiger partial charge on any atom is 0.279 e. The van der Waals surface area contributed by atoms with Crippen LogP contribution in [0.5, 0.6) is 0 Å². The summed E-state index contributed by atoms with van der Waals surface area (Å²) < 4.78 is 32.5. The van der Waals surface area contributed by atoms with Crippen molar-refractivity contribution in [2.45, 2.75) is 31.7 Å². The van der Waals surface area contributed by atoms with E-state index in [-0.39, 0.29) is 6.54 Å². The smallest absolute Gasteiger partial charge is 0.279 e. The van der Waals surface area contributed by atoms with E-state index in [9.17, 15) is 8.42 Å². The van der Waals surface area contributed by atoms with Crippen molar-refractivity contribution in [2.24, 2.45) is 0 Å². The Labute approximate surface area is 119 Å². The lowest BCUT2D eigenvalue weighted by Gasteiger charge is -2.17. The monoisotopic (exact) mass is 303 g/mol. The fourth-order valence-corrected chi connectivity index (χ4v) is 2.67. The fraction of sp³-hybridized carbons (Fsp3) is 0.818. The van der Waals surface area contributed by atoms with Gasteiger partial charge in [-0.05, 0) is 25.8 Å². The summed E-state index contributed by atoms with van der Waals surface area (Å²) in [5, 5.41) is 6.82. The number of nitrogens with one attached hydrogen (secondary N) is 2. The molecule has 20 heavy (non-hydrogen) atoms. The zero-order chi connectivity index (χ0) is 14.4. The summed E-state index contributed by atoms with van der Waals surface area (Å²) in [5.41, 5.74) is 0. The van der Waals surface area contributed by atoms with E-state index in [0.717, 1.165) is 13.0 Å². The second-order valence-electron chi connectivity index (χ2n) is 4.89. The Morgan fingerprint density at radius 2 is 2.25 bits per heavy atom. The first-order valence-corrected chi connectivity index (χ1v) is 8.22. The Morgan fingerprint density at radius 3 is 2.90 bits per heavy atom. The molecule has 114 valence electrons. The first-order chi connectivity index (χ1) is 9.58. The molecule has 1 aromatic heterocycles. The van der Waals surface area contributed by atoms with Gasteiger partial charge in [0.2, 0.25) is 5.89 Å². The molecule has 0 amide bonds. The molecule has 1 saturated carbocycles. The molecule has 0 bridgehead atoms. The summed E-state index contributed by atoms with van der Waals surface area (Å²) in [4.78, 5) is 3.83. The van der Waals surface area contributed by atoms with E-state index < -0.39 is 10.2 Å². The summed E-state index contributed by atoms with van der Waals surface area (Å²) in [6.07, 6.45) is 4.97. The molecule has 0 unspecified atom stereocenters. The Kier molecular flexibility index (Phi) is 5.46. The lowest BCUT2D eigenvalue weighted by molar-refractivity contribution is 0.376. The Hall–Kier alpha value is -1.03. The van der Waals surface area contributed by atoms with E-state index in [2.05, 4.69) is 20.2 Å². The highest BCUT2D eigenvalue weighted by Crippen LogP contribution is 2.18. The molecule has 1 aromatic rings. The fourth-order valence-electron chi connectivity index (χ4n) is 1.72. The van der Waals surface area contributed by atoms with Crippen molar-refractivity contribution in [1.82, 2.24) is 24.5 Å². The van der Waals surface area contributed by atoms with Crippen LogP contribution in [0.3, 0.4) is 0 Å². The second-order valence-corrected chi connectivity index (χ2v) is 6.75. The summed E-state index contributed by atoms with van der Waals surface area (Å²) in [6.45, 7) is 1.59. The third-order valence-electron chi connectivity index (χ3n) is 3.10. The Morgan fingerprint density at radius 1 is 1.45 bits per heavy atom. The molecule has 0 aliphatic heterocycles. The van der Waals surface area contributed by atoms with Crippen molar-refractivity contribution in [3.8, 4) is 0 Å². The van der Waals surface area contributed by atoms with Crippen LogP contribution in [0.2, 0.25) is 0 Å². The van der Waals surface area contributed by atoms with Crippen molar-refractivity contribution in [3.05, 3.63) is 12.2 Å². The third kappa shape index (κ3) is 5.16. The van der Waals surface area contributed by atoms with Crippen LogP contribution >= 0.6 is 0 Å². The highest BCUT2D eigenvalue weighted by atomic mass is 32.2. The van der Waals surface area contributed by atoms with Gasteiger partial charge in [-0.1, -0.05) is 5.16 Å². The minimum Gasteiger partial charge on any atom is -0.340 e. The number of aromatic nitrogens is 2. The van der Waals surface area contributed by atoms with Crippen molar-refractivity contribution in [1.29, 1.82) is 0 Å². The van der Waals surface area contributed by atoms with Crippen molar-refractivity contribution in [3.63, 3.8) is 0 Å². The molecule has 0 spiro atoms. The topological polar surface area (TPSA) is 100 Å². The molecule has 2 N–H and O–H groups in total. The van der Waals surface area contributed by atoms with Gasteiger partial charge < -0.3 is 9.84 Å². The zero-order valence-corrected chi connectivity index (χ0v) is 12.4. The van der Waals surface area contributed by atoms with E-state index in [0.29, 0.717) is 24.9 Å². The van der Waals surface area contributed by atoms with Crippen LogP contribution in [0.4, 0.5) is 0 Å². The van der Waals surface area contributed by atoms with Crippen LogP contribution in [0.25, 0.3) is 0 Å². The molecule has 1 fully saturated rings. The first-order valence-electron chi connectivity index (χ1n) is 6.78. The van der Waals surface area contributed by atoms with Crippen LogP contribution in [0.15, 0.2) is 10.9 Å². The molecule has 8 nitrogen and oxygen atoms in total. The van der Waals surface area contributed by atoms with Gasteiger partial charge in [-0.25, -0.2) is 4.72 Å². The molecule has 1 aliphatic rings. The van der Waals surface area contributed by atoms with Crippen LogP contribution in [0.1, 0.15) is 25.2 Å². The summed E-state index contributed by atoms with van der Waals surface area (Å²) in [7, 11) is -1.86. The molecular formula is C11H21N5O3S. The number of hydrogen-bond acceptors (Lipinski definition) is 6. The van der Waals surface area contributed by atoms with Gasteiger partial charge in [0.15, 0.2) is 6.33 Å². The van der Waals surface area contributed by atoms with Crippen LogP contribution < -0.4 is 10.0 Å². The van der Waals surface area contributed by atoms with Gasteiger partial charge in [0.1, 0.15) is 0 Å². The van der Waals surface area contributed by atoms with Gasteiger partial charge >= 0.3 is 0 Å². The largest absolute Gasteiger partial charge is 0.340 e. The normalized spacial score (nSPS) is 15.9. The van der Waals surface area contributed by atoms with E-state index in [1.165, 1.54) is 23.5 Å². The molecule has 9 heteroatoms. The van der Waals surface area contributed by atoms with Crippen LogP contribution in [-0.2, 0) is 16.6 Å². The first kappa shape index (κ1) is 15.4. The molecule has 0 radical (unpaired) electrons. The quantitative estimate of drug-likeness (QED) is 0.566. The zero-order valence-electron chi connectivity index (χ0n) is 11.6. The number of rotatable bonds is 10. The lowest BCUT2D eigenvalue weighted by atomic mass is 10.4. The molecule has 2 rings (SSSR count). The minimum atomic E-state index is -3.43.